The van der Waals surface area contributed by atoms with Crippen molar-refractivity contribution in [3.8, 4) is 0 Å². The molecule has 2 rings (SSSR count). The van der Waals surface area contributed by atoms with Crippen molar-refractivity contribution < 1.29 is 9.59 Å². The van der Waals surface area contributed by atoms with Gasteiger partial charge in [-0.3, -0.25) is 14.6 Å². The van der Waals surface area contributed by atoms with Gasteiger partial charge >= 0.3 is 0 Å². The molecule has 0 bridgehead atoms. The van der Waals surface area contributed by atoms with Crippen LogP contribution in [0.4, 0.5) is 5.69 Å². The van der Waals surface area contributed by atoms with E-state index < -0.39 is 0 Å². The smallest absolute Gasteiger partial charge is 0.258 e. The molecular weight excluding hydrogens is 314 g/mol. The Bertz CT molecular complexity index is 711. The van der Waals surface area contributed by atoms with E-state index in [-0.39, 0.29) is 11.8 Å². The Morgan fingerprint density at radius 3 is 2.32 bits per heavy atom. The molecule has 1 heterocycles. The predicted octanol–water partition coefficient (Wildman–Crippen LogP) is 3.36. The summed E-state index contributed by atoms with van der Waals surface area (Å²) in [4.78, 5) is 31.8. The molecule has 132 valence electrons. The topological polar surface area (TPSA) is 53.5 Å². The van der Waals surface area contributed by atoms with E-state index in [1.807, 2.05) is 23.1 Å². The van der Waals surface area contributed by atoms with E-state index in [9.17, 15) is 9.59 Å². The van der Waals surface area contributed by atoms with Crippen LogP contribution in [-0.2, 0) is 11.3 Å². The minimum atomic E-state index is -0.0924. The SMILES string of the molecule is CC(=O)N(Cc1ccc(C(=O)N(C)c2cccnc2)cc1)CC(C)C. The molecule has 0 saturated carbocycles. The van der Waals surface area contributed by atoms with E-state index >= 15 is 0 Å². The van der Waals surface area contributed by atoms with E-state index in [0.29, 0.717) is 18.0 Å². The van der Waals surface area contributed by atoms with Crippen molar-refractivity contribution in [2.24, 2.45) is 5.92 Å². The van der Waals surface area contributed by atoms with Crippen LogP contribution in [0.3, 0.4) is 0 Å². The maximum absolute atomic E-state index is 12.6. The second-order valence-electron chi connectivity index (χ2n) is 6.57. The summed E-state index contributed by atoms with van der Waals surface area (Å²) in [5.74, 6) is 0.383. The molecule has 0 aliphatic rings. The van der Waals surface area contributed by atoms with Crippen LogP contribution < -0.4 is 4.90 Å². The minimum Gasteiger partial charge on any atom is -0.338 e. The van der Waals surface area contributed by atoms with Crippen molar-refractivity contribution in [1.82, 2.24) is 9.88 Å². The summed E-state index contributed by atoms with van der Waals surface area (Å²) >= 11 is 0. The quantitative estimate of drug-likeness (QED) is 0.811. The molecule has 0 saturated heterocycles. The summed E-state index contributed by atoms with van der Waals surface area (Å²) in [6, 6.07) is 11.1. The fraction of sp³-hybridized carbons (Fsp3) is 0.350. The van der Waals surface area contributed by atoms with E-state index in [2.05, 4.69) is 18.8 Å². The van der Waals surface area contributed by atoms with Crippen molar-refractivity contribution in [3.63, 3.8) is 0 Å². The molecule has 1 aromatic heterocycles. The van der Waals surface area contributed by atoms with Crippen LogP contribution in [-0.4, -0.2) is 35.3 Å². The van der Waals surface area contributed by atoms with Gasteiger partial charge in [-0.15, -0.1) is 0 Å². The van der Waals surface area contributed by atoms with Crippen LogP contribution in [0.2, 0.25) is 0 Å². The second kappa shape index (κ2) is 8.42. The molecule has 0 aliphatic heterocycles. The molecule has 5 nitrogen and oxygen atoms in total. The molecule has 1 aromatic carbocycles. The molecule has 0 aliphatic carbocycles. The highest BCUT2D eigenvalue weighted by Gasteiger charge is 2.15. The Kier molecular flexibility index (Phi) is 6.28. The third-order valence-electron chi connectivity index (χ3n) is 3.94. The number of rotatable bonds is 6. The first-order chi connectivity index (χ1) is 11.9. The molecule has 0 unspecified atom stereocenters. The molecule has 25 heavy (non-hydrogen) atoms. The number of pyridine rings is 1. The van der Waals surface area contributed by atoms with Crippen molar-refractivity contribution >= 4 is 17.5 Å². The molecule has 0 radical (unpaired) electrons. The number of benzene rings is 1. The summed E-state index contributed by atoms with van der Waals surface area (Å²) in [6.07, 6.45) is 3.33. The lowest BCUT2D eigenvalue weighted by atomic mass is 10.1. The first kappa shape index (κ1) is 18.6. The summed E-state index contributed by atoms with van der Waals surface area (Å²) in [7, 11) is 1.73. The van der Waals surface area contributed by atoms with Gasteiger partial charge in [0.1, 0.15) is 0 Å². The number of hydrogen-bond donors (Lipinski definition) is 0. The Balaban J connectivity index is 2.08. The Morgan fingerprint density at radius 2 is 1.80 bits per heavy atom. The van der Waals surface area contributed by atoms with Crippen LogP contribution >= 0.6 is 0 Å². The normalized spacial score (nSPS) is 10.6. The number of carbonyl (C=O) groups is 2. The van der Waals surface area contributed by atoms with Gasteiger partial charge < -0.3 is 9.80 Å². The second-order valence-corrected chi connectivity index (χ2v) is 6.57. The molecule has 0 atom stereocenters. The highest BCUT2D eigenvalue weighted by Crippen LogP contribution is 2.15. The molecule has 0 fully saturated rings. The van der Waals surface area contributed by atoms with E-state index in [1.54, 1.807) is 49.5 Å². The van der Waals surface area contributed by atoms with Crippen LogP contribution in [0.15, 0.2) is 48.8 Å². The summed E-state index contributed by atoms with van der Waals surface area (Å²) in [5.41, 5.74) is 2.36. The molecule has 2 aromatic rings. The lowest BCUT2D eigenvalue weighted by molar-refractivity contribution is -0.130. The molecular formula is C20H25N3O2. The summed E-state index contributed by atoms with van der Waals surface area (Å²) in [5, 5.41) is 0. The Hall–Kier alpha value is -2.69. The van der Waals surface area contributed by atoms with Crippen molar-refractivity contribution in [3.05, 3.63) is 59.9 Å². The molecule has 5 heteroatoms. The van der Waals surface area contributed by atoms with E-state index in [4.69, 9.17) is 0 Å². The van der Waals surface area contributed by atoms with Gasteiger partial charge in [0, 0.05) is 38.8 Å². The van der Waals surface area contributed by atoms with Crippen LogP contribution in [0.5, 0.6) is 0 Å². The van der Waals surface area contributed by atoms with Gasteiger partial charge in [0.25, 0.3) is 5.91 Å². The zero-order chi connectivity index (χ0) is 18.4. The van der Waals surface area contributed by atoms with Crippen LogP contribution in [0.25, 0.3) is 0 Å². The third kappa shape index (κ3) is 5.14. The Labute approximate surface area is 149 Å². The largest absolute Gasteiger partial charge is 0.338 e. The van der Waals surface area contributed by atoms with Crippen molar-refractivity contribution in [1.29, 1.82) is 0 Å². The van der Waals surface area contributed by atoms with Gasteiger partial charge in [0.05, 0.1) is 11.9 Å². The average Bonchev–Trinajstić information content (AvgIpc) is 2.61. The number of carbonyl (C=O) groups excluding carboxylic acids is 2. The average molecular weight is 339 g/mol. The number of amides is 2. The summed E-state index contributed by atoms with van der Waals surface area (Å²) in [6.45, 7) is 7.04. The molecule has 2 amide bonds. The highest BCUT2D eigenvalue weighted by atomic mass is 16.2. The van der Waals surface area contributed by atoms with Gasteiger partial charge in [0.15, 0.2) is 0 Å². The number of anilines is 1. The maximum Gasteiger partial charge on any atom is 0.258 e. The zero-order valence-electron chi connectivity index (χ0n) is 15.3. The fourth-order valence-electron chi connectivity index (χ4n) is 2.58. The number of aromatic nitrogens is 1. The maximum atomic E-state index is 12.6. The van der Waals surface area contributed by atoms with Gasteiger partial charge in [-0.2, -0.15) is 0 Å². The molecule has 0 spiro atoms. The van der Waals surface area contributed by atoms with Crippen LogP contribution in [0, 0.1) is 5.92 Å². The zero-order valence-corrected chi connectivity index (χ0v) is 15.3. The van der Waals surface area contributed by atoms with Crippen molar-refractivity contribution in [2.75, 3.05) is 18.5 Å². The molecule has 0 N–H and O–H groups in total. The van der Waals surface area contributed by atoms with Gasteiger partial charge in [-0.25, -0.2) is 0 Å². The van der Waals surface area contributed by atoms with E-state index in [0.717, 1.165) is 17.8 Å². The van der Waals surface area contributed by atoms with Crippen LogP contribution in [0.1, 0.15) is 36.7 Å². The van der Waals surface area contributed by atoms with Crippen molar-refractivity contribution in [2.45, 2.75) is 27.3 Å². The standard InChI is InChI=1S/C20H25N3O2/c1-15(2)13-23(16(3)24)14-17-7-9-18(10-8-17)20(25)22(4)19-6-5-11-21-12-19/h5-12,15H,13-14H2,1-4H3. The first-order valence-corrected chi connectivity index (χ1v) is 8.41. The minimum absolute atomic E-state index is 0.0603. The van der Waals surface area contributed by atoms with Gasteiger partial charge in [-0.1, -0.05) is 26.0 Å². The fourth-order valence-corrected chi connectivity index (χ4v) is 2.58. The van der Waals surface area contributed by atoms with Gasteiger partial charge in [0.2, 0.25) is 5.91 Å². The van der Waals surface area contributed by atoms with E-state index in [1.165, 1.54) is 0 Å². The summed E-state index contributed by atoms with van der Waals surface area (Å²) < 4.78 is 0. The Morgan fingerprint density at radius 1 is 1.12 bits per heavy atom. The first-order valence-electron chi connectivity index (χ1n) is 8.41. The third-order valence-corrected chi connectivity index (χ3v) is 3.94. The lowest BCUT2D eigenvalue weighted by Gasteiger charge is -2.23. The highest BCUT2D eigenvalue weighted by molar-refractivity contribution is 6.05. The lowest BCUT2D eigenvalue weighted by Crippen LogP contribution is -2.31. The monoisotopic (exact) mass is 339 g/mol. The number of hydrogen-bond acceptors (Lipinski definition) is 3. The van der Waals surface area contributed by atoms with Gasteiger partial charge in [-0.05, 0) is 35.7 Å². The predicted molar refractivity (Wildman–Crippen MR) is 99.3 cm³/mol. The number of nitrogens with zero attached hydrogens (tertiary/aromatic N) is 3.